The SMILES string of the molecule is CCOC(=O)[C@@H]1[C@@H](C(C)(C)C)C(=O)[C@H](c2ccccc2C)N1C(=O)OC(C)C. The number of benzene rings is 1. The minimum atomic E-state index is -1.02. The van der Waals surface area contributed by atoms with Crippen LogP contribution in [0.2, 0.25) is 0 Å². The Morgan fingerprint density at radius 2 is 1.79 bits per heavy atom. The van der Waals surface area contributed by atoms with Crippen LogP contribution in [-0.4, -0.2) is 41.5 Å². The average molecular weight is 389 g/mol. The molecule has 28 heavy (non-hydrogen) atoms. The molecule has 1 fully saturated rings. The molecule has 1 aromatic carbocycles. The molecule has 0 saturated carbocycles. The van der Waals surface area contributed by atoms with Gasteiger partial charge in [-0.25, -0.2) is 9.59 Å². The van der Waals surface area contributed by atoms with Crippen LogP contribution in [0.4, 0.5) is 4.79 Å². The van der Waals surface area contributed by atoms with Crippen molar-refractivity contribution >= 4 is 17.8 Å². The van der Waals surface area contributed by atoms with Crippen molar-refractivity contribution in [2.75, 3.05) is 6.61 Å². The van der Waals surface area contributed by atoms with Crippen molar-refractivity contribution in [3.63, 3.8) is 0 Å². The predicted molar refractivity (Wildman–Crippen MR) is 106 cm³/mol. The molecule has 3 atom stereocenters. The minimum absolute atomic E-state index is 0.166. The molecule has 0 aromatic heterocycles. The molecule has 1 amide bonds. The molecule has 6 nitrogen and oxygen atoms in total. The van der Waals surface area contributed by atoms with Crippen molar-refractivity contribution < 1.29 is 23.9 Å². The molecule has 0 spiro atoms. The Hall–Kier alpha value is -2.37. The molecular formula is C22H31NO5. The summed E-state index contributed by atoms with van der Waals surface area (Å²) in [5.74, 6) is -1.44. The molecule has 1 saturated heterocycles. The van der Waals surface area contributed by atoms with Gasteiger partial charge in [0.15, 0.2) is 5.78 Å². The summed E-state index contributed by atoms with van der Waals surface area (Å²) >= 11 is 0. The van der Waals surface area contributed by atoms with Crippen molar-refractivity contribution in [2.24, 2.45) is 11.3 Å². The number of carbonyl (C=O) groups is 3. The summed E-state index contributed by atoms with van der Waals surface area (Å²) in [4.78, 5) is 40.8. The maximum absolute atomic E-state index is 13.6. The summed E-state index contributed by atoms with van der Waals surface area (Å²) in [6.45, 7) is 12.9. The van der Waals surface area contributed by atoms with E-state index in [1.807, 2.05) is 52.0 Å². The summed E-state index contributed by atoms with van der Waals surface area (Å²) in [6, 6.07) is 5.50. The fraction of sp³-hybridized carbons (Fsp3) is 0.591. The Morgan fingerprint density at radius 1 is 1.18 bits per heavy atom. The molecule has 0 N–H and O–H groups in total. The summed E-state index contributed by atoms with van der Waals surface area (Å²) < 4.78 is 10.7. The van der Waals surface area contributed by atoms with Crippen LogP contribution in [0, 0.1) is 18.3 Å². The van der Waals surface area contributed by atoms with E-state index < -0.39 is 35.5 Å². The van der Waals surface area contributed by atoms with Crippen LogP contribution < -0.4 is 0 Å². The maximum Gasteiger partial charge on any atom is 0.411 e. The number of ether oxygens (including phenoxy) is 2. The van der Waals surface area contributed by atoms with Crippen LogP contribution in [0.25, 0.3) is 0 Å². The number of ketones is 1. The summed E-state index contributed by atoms with van der Waals surface area (Å²) in [7, 11) is 0. The molecule has 2 rings (SSSR count). The third kappa shape index (κ3) is 4.21. The van der Waals surface area contributed by atoms with Crippen LogP contribution in [0.15, 0.2) is 24.3 Å². The van der Waals surface area contributed by atoms with E-state index in [2.05, 4.69) is 0 Å². The van der Waals surface area contributed by atoms with E-state index in [1.165, 1.54) is 4.90 Å². The summed E-state index contributed by atoms with van der Waals surface area (Å²) in [5, 5.41) is 0. The van der Waals surface area contributed by atoms with Gasteiger partial charge in [-0.2, -0.15) is 0 Å². The second kappa shape index (κ2) is 8.33. The number of rotatable bonds is 4. The first kappa shape index (κ1) is 21.9. The van der Waals surface area contributed by atoms with E-state index in [4.69, 9.17) is 9.47 Å². The van der Waals surface area contributed by atoms with Gasteiger partial charge in [0.25, 0.3) is 0 Å². The van der Waals surface area contributed by atoms with Crippen molar-refractivity contribution in [1.82, 2.24) is 4.90 Å². The van der Waals surface area contributed by atoms with Crippen molar-refractivity contribution in [1.29, 1.82) is 0 Å². The maximum atomic E-state index is 13.6. The van der Waals surface area contributed by atoms with Gasteiger partial charge < -0.3 is 9.47 Å². The number of aryl methyl sites for hydroxylation is 1. The third-order valence-corrected chi connectivity index (χ3v) is 4.96. The fourth-order valence-corrected chi connectivity index (χ4v) is 3.84. The number of carbonyl (C=O) groups excluding carboxylic acids is 3. The van der Waals surface area contributed by atoms with E-state index in [0.29, 0.717) is 5.56 Å². The highest BCUT2D eigenvalue weighted by Gasteiger charge is 2.59. The van der Waals surface area contributed by atoms with Crippen molar-refractivity contribution in [3.05, 3.63) is 35.4 Å². The molecule has 1 aliphatic rings. The molecule has 1 aromatic rings. The largest absolute Gasteiger partial charge is 0.464 e. The van der Waals surface area contributed by atoms with E-state index in [-0.39, 0.29) is 18.5 Å². The zero-order valence-electron chi connectivity index (χ0n) is 17.8. The number of hydrogen-bond acceptors (Lipinski definition) is 5. The molecule has 0 bridgehead atoms. The van der Waals surface area contributed by atoms with Crippen LogP contribution in [0.3, 0.4) is 0 Å². The molecule has 0 unspecified atom stereocenters. The number of esters is 1. The molecule has 1 heterocycles. The van der Waals surface area contributed by atoms with Gasteiger partial charge in [0, 0.05) is 0 Å². The quantitative estimate of drug-likeness (QED) is 0.726. The number of Topliss-reactive ketones (excluding diaryl/α,β-unsaturated/α-hetero) is 1. The smallest absolute Gasteiger partial charge is 0.411 e. The lowest BCUT2D eigenvalue weighted by molar-refractivity contribution is -0.151. The van der Waals surface area contributed by atoms with Gasteiger partial charge in [-0.1, -0.05) is 45.0 Å². The number of hydrogen-bond donors (Lipinski definition) is 0. The van der Waals surface area contributed by atoms with Crippen LogP contribution in [0.5, 0.6) is 0 Å². The second-order valence-corrected chi connectivity index (χ2v) is 8.54. The molecular weight excluding hydrogens is 358 g/mol. The predicted octanol–water partition coefficient (Wildman–Crippen LogP) is 4.06. The van der Waals surface area contributed by atoms with Gasteiger partial charge in [-0.15, -0.1) is 0 Å². The highest BCUT2D eigenvalue weighted by atomic mass is 16.6. The first-order chi connectivity index (χ1) is 13.0. The zero-order valence-corrected chi connectivity index (χ0v) is 17.8. The van der Waals surface area contributed by atoms with Gasteiger partial charge >= 0.3 is 12.1 Å². The number of nitrogens with zero attached hydrogens (tertiary/aromatic N) is 1. The number of amides is 1. The Balaban J connectivity index is 2.67. The van der Waals surface area contributed by atoms with E-state index in [1.54, 1.807) is 20.8 Å². The molecule has 154 valence electrons. The van der Waals surface area contributed by atoms with Crippen LogP contribution in [0.1, 0.15) is 58.7 Å². The fourth-order valence-electron chi connectivity index (χ4n) is 3.84. The van der Waals surface area contributed by atoms with E-state index >= 15 is 0 Å². The summed E-state index contributed by atoms with van der Waals surface area (Å²) in [6.07, 6.45) is -1.06. The van der Waals surface area contributed by atoms with Crippen molar-refractivity contribution in [2.45, 2.75) is 66.7 Å². The average Bonchev–Trinajstić information content (AvgIpc) is 2.88. The lowest BCUT2D eigenvalue weighted by Gasteiger charge is -2.32. The minimum Gasteiger partial charge on any atom is -0.464 e. The van der Waals surface area contributed by atoms with E-state index in [9.17, 15) is 14.4 Å². The Labute approximate surface area is 167 Å². The van der Waals surface area contributed by atoms with Gasteiger partial charge in [0.2, 0.25) is 0 Å². The lowest BCUT2D eigenvalue weighted by atomic mass is 9.74. The lowest BCUT2D eigenvalue weighted by Crippen LogP contribution is -2.48. The highest BCUT2D eigenvalue weighted by molar-refractivity contribution is 6.01. The summed E-state index contributed by atoms with van der Waals surface area (Å²) in [5.41, 5.74) is 1.04. The van der Waals surface area contributed by atoms with Gasteiger partial charge in [-0.05, 0) is 44.2 Å². The Morgan fingerprint density at radius 3 is 2.29 bits per heavy atom. The Bertz CT molecular complexity index is 750. The normalized spacial score (nSPS) is 22.5. The van der Waals surface area contributed by atoms with Gasteiger partial charge in [0.05, 0.1) is 18.6 Å². The highest BCUT2D eigenvalue weighted by Crippen LogP contribution is 2.46. The molecule has 6 heteroatoms. The zero-order chi connectivity index (χ0) is 21.2. The monoisotopic (exact) mass is 389 g/mol. The Kier molecular flexibility index (Phi) is 6.52. The van der Waals surface area contributed by atoms with Crippen LogP contribution in [-0.2, 0) is 19.1 Å². The number of likely N-dealkylation sites (tertiary alicyclic amines) is 1. The second-order valence-electron chi connectivity index (χ2n) is 8.54. The van der Waals surface area contributed by atoms with Gasteiger partial charge in [0.1, 0.15) is 12.1 Å². The third-order valence-electron chi connectivity index (χ3n) is 4.96. The van der Waals surface area contributed by atoms with Crippen molar-refractivity contribution in [3.8, 4) is 0 Å². The first-order valence-corrected chi connectivity index (χ1v) is 9.75. The molecule has 0 radical (unpaired) electrons. The van der Waals surface area contributed by atoms with Gasteiger partial charge in [-0.3, -0.25) is 9.69 Å². The molecule has 1 aliphatic heterocycles. The van der Waals surface area contributed by atoms with Crippen LogP contribution >= 0.6 is 0 Å². The first-order valence-electron chi connectivity index (χ1n) is 9.75. The topological polar surface area (TPSA) is 72.9 Å². The molecule has 0 aliphatic carbocycles. The standard InChI is InChI=1S/C22H31NO5/c1-8-27-20(25)18-16(22(5,6)7)19(24)17(15-12-10-9-11-14(15)4)23(18)21(26)28-13(2)3/h9-13,16-18H,8H2,1-7H3/t16-,17+,18+/m1/s1. The van der Waals surface area contributed by atoms with E-state index in [0.717, 1.165) is 5.56 Å².